The van der Waals surface area contributed by atoms with Crippen molar-refractivity contribution in [3.63, 3.8) is 0 Å². The predicted molar refractivity (Wildman–Crippen MR) is 62.3 cm³/mol. The van der Waals surface area contributed by atoms with Gasteiger partial charge in [-0.25, -0.2) is 4.68 Å². The van der Waals surface area contributed by atoms with E-state index in [9.17, 15) is 5.11 Å². The van der Waals surface area contributed by atoms with Gasteiger partial charge in [0.1, 0.15) is 0 Å². The number of ether oxygens (including phenoxy) is 2. The lowest BCUT2D eigenvalue weighted by Crippen LogP contribution is -2.26. The Balaban J connectivity index is 2.63. The van der Waals surface area contributed by atoms with Gasteiger partial charge in [0.05, 0.1) is 11.9 Å². The molecule has 0 aliphatic carbocycles. The highest BCUT2D eigenvalue weighted by Crippen LogP contribution is 2.11. The van der Waals surface area contributed by atoms with E-state index in [2.05, 4.69) is 10.3 Å². The van der Waals surface area contributed by atoms with Gasteiger partial charge in [0, 0.05) is 19.6 Å². The van der Waals surface area contributed by atoms with Crippen molar-refractivity contribution in [3.05, 3.63) is 11.9 Å². The number of rotatable bonds is 7. The molecule has 17 heavy (non-hydrogen) atoms. The molecule has 0 atom stereocenters. The van der Waals surface area contributed by atoms with Crippen LogP contribution < -0.4 is 0 Å². The molecule has 0 saturated carbocycles. The number of hydrogen-bond donors (Lipinski definition) is 1. The average molecular weight is 243 g/mol. The van der Waals surface area contributed by atoms with Gasteiger partial charge in [0.25, 0.3) is 0 Å². The topological polar surface area (TPSA) is 69.4 Å². The summed E-state index contributed by atoms with van der Waals surface area (Å²) in [6.07, 6.45) is 1.92. The SMILES string of the molecule is CCOC(Cc1cn(C(C)(C)O)nn1)OCC. The Morgan fingerprint density at radius 3 is 2.35 bits per heavy atom. The molecule has 0 fully saturated rings. The Labute approximate surface area is 102 Å². The first-order valence-electron chi connectivity index (χ1n) is 5.84. The van der Waals surface area contributed by atoms with Crippen molar-refractivity contribution in [3.8, 4) is 0 Å². The van der Waals surface area contributed by atoms with E-state index in [0.29, 0.717) is 19.6 Å². The summed E-state index contributed by atoms with van der Waals surface area (Å²) in [6.45, 7) is 8.30. The van der Waals surface area contributed by atoms with Crippen LogP contribution in [0.2, 0.25) is 0 Å². The molecule has 0 saturated heterocycles. The van der Waals surface area contributed by atoms with Crippen LogP contribution in [0.3, 0.4) is 0 Å². The maximum absolute atomic E-state index is 9.74. The Bertz CT molecular complexity index is 327. The molecule has 6 nitrogen and oxygen atoms in total. The molecule has 0 aromatic carbocycles. The van der Waals surface area contributed by atoms with Crippen LogP contribution in [0.15, 0.2) is 6.20 Å². The summed E-state index contributed by atoms with van der Waals surface area (Å²) in [5.74, 6) is 0. The van der Waals surface area contributed by atoms with E-state index >= 15 is 0 Å². The Hall–Kier alpha value is -0.980. The van der Waals surface area contributed by atoms with Crippen LogP contribution in [0.4, 0.5) is 0 Å². The predicted octanol–water partition coefficient (Wildman–Crippen LogP) is 0.905. The maximum Gasteiger partial charge on any atom is 0.163 e. The minimum absolute atomic E-state index is 0.308. The molecule has 0 amide bonds. The first-order valence-corrected chi connectivity index (χ1v) is 5.84. The van der Waals surface area contributed by atoms with Crippen molar-refractivity contribution in [2.75, 3.05) is 13.2 Å². The smallest absolute Gasteiger partial charge is 0.163 e. The second-order valence-corrected chi connectivity index (χ2v) is 4.19. The molecule has 98 valence electrons. The molecule has 0 aliphatic heterocycles. The molecule has 0 bridgehead atoms. The van der Waals surface area contributed by atoms with E-state index in [1.54, 1.807) is 20.0 Å². The summed E-state index contributed by atoms with van der Waals surface area (Å²) in [6, 6.07) is 0. The largest absolute Gasteiger partial charge is 0.370 e. The van der Waals surface area contributed by atoms with Gasteiger partial charge in [0.2, 0.25) is 0 Å². The van der Waals surface area contributed by atoms with Crippen molar-refractivity contribution in [1.29, 1.82) is 0 Å². The monoisotopic (exact) mass is 243 g/mol. The fourth-order valence-electron chi connectivity index (χ4n) is 1.37. The van der Waals surface area contributed by atoms with Gasteiger partial charge in [-0.2, -0.15) is 0 Å². The third kappa shape index (κ3) is 4.41. The third-order valence-electron chi connectivity index (χ3n) is 2.18. The molecule has 1 rings (SSSR count). The Kier molecular flexibility index (Phi) is 5.04. The summed E-state index contributed by atoms with van der Waals surface area (Å²) < 4.78 is 12.3. The van der Waals surface area contributed by atoms with E-state index in [4.69, 9.17) is 9.47 Å². The normalized spacial score (nSPS) is 12.4. The minimum atomic E-state index is -1.04. The van der Waals surface area contributed by atoms with Crippen LogP contribution in [0, 0.1) is 0 Å². The second-order valence-electron chi connectivity index (χ2n) is 4.19. The van der Waals surface area contributed by atoms with Crippen molar-refractivity contribution < 1.29 is 14.6 Å². The first kappa shape index (κ1) is 14.1. The van der Waals surface area contributed by atoms with Crippen molar-refractivity contribution in [2.45, 2.75) is 46.1 Å². The van der Waals surface area contributed by atoms with E-state index in [1.165, 1.54) is 4.68 Å². The zero-order valence-corrected chi connectivity index (χ0v) is 10.9. The molecule has 0 spiro atoms. The zero-order chi connectivity index (χ0) is 12.9. The molecule has 0 unspecified atom stereocenters. The fraction of sp³-hybridized carbons (Fsp3) is 0.818. The van der Waals surface area contributed by atoms with Crippen LogP contribution in [-0.4, -0.2) is 39.6 Å². The van der Waals surface area contributed by atoms with Gasteiger partial charge in [-0.15, -0.1) is 5.10 Å². The highest BCUT2D eigenvalue weighted by molar-refractivity contribution is 4.94. The van der Waals surface area contributed by atoms with Crippen molar-refractivity contribution in [1.82, 2.24) is 15.0 Å². The summed E-state index contributed by atoms with van der Waals surface area (Å²) in [5.41, 5.74) is -0.308. The minimum Gasteiger partial charge on any atom is -0.370 e. The zero-order valence-electron chi connectivity index (χ0n) is 10.9. The Morgan fingerprint density at radius 2 is 1.94 bits per heavy atom. The molecular formula is C11H21N3O3. The van der Waals surface area contributed by atoms with Gasteiger partial charge >= 0.3 is 0 Å². The van der Waals surface area contributed by atoms with Crippen molar-refractivity contribution in [2.24, 2.45) is 0 Å². The quantitative estimate of drug-likeness (QED) is 0.721. The van der Waals surface area contributed by atoms with Gasteiger partial charge in [0.15, 0.2) is 12.0 Å². The van der Waals surface area contributed by atoms with Crippen LogP contribution in [0.5, 0.6) is 0 Å². The van der Waals surface area contributed by atoms with E-state index < -0.39 is 5.72 Å². The molecule has 0 radical (unpaired) electrons. The number of aromatic nitrogens is 3. The highest BCUT2D eigenvalue weighted by Gasteiger charge is 2.19. The van der Waals surface area contributed by atoms with Crippen molar-refractivity contribution >= 4 is 0 Å². The molecule has 1 aromatic heterocycles. The number of aliphatic hydroxyl groups is 1. The van der Waals surface area contributed by atoms with E-state index in [0.717, 1.165) is 5.69 Å². The second kappa shape index (κ2) is 6.09. The lowest BCUT2D eigenvalue weighted by Gasteiger charge is -2.16. The van der Waals surface area contributed by atoms with Crippen LogP contribution in [0.1, 0.15) is 33.4 Å². The lowest BCUT2D eigenvalue weighted by atomic mass is 10.3. The molecule has 1 N–H and O–H groups in total. The standard InChI is InChI=1S/C11H21N3O3/c1-5-16-10(17-6-2)7-9-8-14(13-12-9)11(3,4)15/h8,10,15H,5-7H2,1-4H3. The fourth-order valence-corrected chi connectivity index (χ4v) is 1.37. The van der Waals surface area contributed by atoms with Crippen LogP contribution in [0.25, 0.3) is 0 Å². The highest BCUT2D eigenvalue weighted by atomic mass is 16.7. The van der Waals surface area contributed by atoms with E-state index in [-0.39, 0.29) is 6.29 Å². The van der Waals surface area contributed by atoms with Gasteiger partial charge in [-0.1, -0.05) is 5.21 Å². The summed E-state index contributed by atoms with van der Waals surface area (Å²) in [4.78, 5) is 0. The number of hydrogen-bond acceptors (Lipinski definition) is 5. The lowest BCUT2D eigenvalue weighted by molar-refractivity contribution is -0.135. The van der Waals surface area contributed by atoms with Gasteiger partial charge < -0.3 is 14.6 Å². The van der Waals surface area contributed by atoms with Gasteiger partial charge in [-0.05, 0) is 27.7 Å². The maximum atomic E-state index is 9.74. The molecule has 1 aromatic rings. The third-order valence-corrected chi connectivity index (χ3v) is 2.18. The molecule has 1 heterocycles. The summed E-state index contributed by atoms with van der Waals surface area (Å²) in [5, 5.41) is 17.6. The Morgan fingerprint density at radius 1 is 1.35 bits per heavy atom. The van der Waals surface area contributed by atoms with Crippen LogP contribution in [-0.2, 0) is 21.6 Å². The van der Waals surface area contributed by atoms with Crippen LogP contribution >= 0.6 is 0 Å². The summed E-state index contributed by atoms with van der Waals surface area (Å²) in [7, 11) is 0. The number of nitrogens with zero attached hydrogens (tertiary/aromatic N) is 3. The molecule has 0 aliphatic rings. The first-order chi connectivity index (χ1) is 7.97. The molecule has 6 heteroatoms. The van der Waals surface area contributed by atoms with Gasteiger partial charge in [-0.3, -0.25) is 0 Å². The molecular weight excluding hydrogens is 222 g/mol. The van der Waals surface area contributed by atoms with E-state index in [1.807, 2.05) is 13.8 Å². The summed E-state index contributed by atoms with van der Waals surface area (Å²) >= 11 is 0. The average Bonchev–Trinajstić information content (AvgIpc) is 2.66.